The summed E-state index contributed by atoms with van der Waals surface area (Å²) in [7, 11) is 1.28. The minimum Gasteiger partial charge on any atom is -0.493 e. The van der Waals surface area contributed by atoms with Crippen LogP contribution in [-0.4, -0.2) is 37.6 Å². The molecule has 32 heavy (non-hydrogen) atoms. The van der Waals surface area contributed by atoms with Crippen LogP contribution in [0.4, 0.5) is 18.9 Å². The van der Waals surface area contributed by atoms with Crippen molar-refractivity contribution >= 4 is 35.1 Å². The molecule has 0 saturated heterocycles. The summed E-state index contributed by atoms with van der Waals surface area (Å²) in [4.78, 5) is 35.5. The summed E-state index contributed by atoms with van der Waals surface area (Å²) in [6.07, 6.45) is -5.80. The molecular weight excluding hydrogens is 457 g/mol. The van der Waals surface area contributed by atoms with E-state index < -0.39 is 42.2 Å². The smallest absolute Gasteiger partial charge is 0.416 e. The summed E-state index contributed by atoms with van der Waals surface area (Å²) in [5.74, 6) is -2.44. The molecular formula is C20H18ClF3N2O6. The molecule has 12 heteroatoms. The molecule has 2 amide bonds. The van der Waals surface area contributed by atoms with Gasteiger partial charge in [-0.1, -0.05) is 11.6 Å². The van der Waals surface area contributed by atoms with Crippen LogP contribution in [0.2, 0.25) is 5.02 Å². The molecule has 2 rings (SSSR count). The van der Waals surface area contributed by atoms with Crippen LogP contribution in [0.3, 0.4) is 0 Å². The lowest BCUT2D eigenvalue weighted by Crippen LogP contribution is -2.30. The minimum atomic E-state index is -4.51. The van der Waals surface area contributed by atoms with E-state index >= 15 is 0 Å². The largest absolute Gasteiger partial charge is 0.493 e. The van der Waals surface area contributed by atoms with E-state index in [1.54, 1.807) is 0 Å². The van der Waals surface area contributed by atoms with Gasteiger partial charge in [-0.2, -0.15) is 13.2 Å². The third-order valence-electron chi connectivity index (χ3n) is 3.96. The Morgan fingerprint density at radius 1 is 1.16 bits per heavy atom. The lowest BCUT2D eigenvalue weighted by Gasteiger charge is -2.16. The third kappa shape index (κ3) is 6.51. The number of methoxy groups -OCH3 is 1. The number of anilines is 1. The van der Waals surface area contributed by atoms with E-state index in [1.165, 1.54) is 26.2 Å². The zero-order valence-electron chi connectivity index (χ0n) is 16.8. The van der Waals surface area contributed by atoms with Crippen molar-refractivity contribution in [1.82, 2.24) is 0 Å². The second kappa shape index (κ2) is 10.2. The van der Waals surface area contributed by atoms with Gasteiger partial charge in [0.1, 0.15) is 0 Å². The fourth-order valence-electron chi connectivity index (χ4n) is 2.39. The van der Waals surface area contributed by atoms with Gasteiger partial charge in [0.25, 0.3) is 11.8 Å². The van der Waals surface area contributed by atoms with Gasteiger partial charge in [-0.3, -0.25) is 9.59 Å². The maximum atomic E-state index is 12.6. The first-order valence-corrected chi connectivity index (χ1v) is 9.28. The summed E-state index contributed by atoms with van der Waals surface area (Å²) >= 11 is 6.07. The topological polar surface area (TPSA) is 117 Å². The number of primary amides is 1. The SMILES string of the molecule is COc1cc(C(=O)OC(C)C(=O)Nc2ccc(C(F)(F)F)cc2)cc(Cl)c1OCC(N)=O. The summed E-state index contributed by atoms with van der Waals surface area (Å²) in [5.41, 5.74) is 4.16. The third-order valence-corrected chi connectivity index (χ3v) is 4.24. The van der Waals surface area contributed by atoms with Crippen LogP contribution in [0.1, 0.15) is 22.8 Å². The molecule has 0 radical (unpaired) electrons. The lowest BCUT2D eigenvalue weighted by molar-refractivity contribution is -0.137. The molecule has 0 aliphatic carbocycles. The van der Waals surface area contributed by atoms with E-state index in [-0.39, 0.29) is 27.8 Å². The summed E-state index contributed by atoms with van der Waals surface area (Å²) < 4.78 is 53.1. The fraction of sp³-hybridized carbons (Fsp3) is 0.250. The number of halogens is 4. The van der Waals surface area contributed by atoms with Crippen molar-refractivity contribution in [3.8, 4) is 11.5 Å². The van der Waals surface area contributed by atoms with Crippen LogP contribution < -0.4 is 20.5 Å². The predicted molar refractivity (Wildman–Crippen MR) is 108 cm³/mol. The van der Waals surface area contributed by atoms with Crippen LogP contribution >= 0.6 is 11.6 Å². The van der Waals surface area contributed by atoms with Crippen molar-refractivity contribution in [2.45, 2.75) is 19.2 Å². The highest BCUT2D eigenvalue weighted by Crippen LogP contribution is 2.36. The zero-order chi connectivity index (χ0) is 24.1. The number of carbonyl (C=O) groups is 3. The normalized spacial score (nSPS) is 11.9. The van der Waals surface area contributed by atoms with E-state index in [1.807, 2.05) is 0 Å². The second-order valence-corrected chi connectivity index (χ2v) is 6.76. The summed E-state index contributed by atoms with van der Waals surface area (Å²) in [6, 6.07) is 6.18. The number of hydrogen-bond donors (Lipinski definition) is 2. The first kappa shape index (κ1) is 24.8. The van der Waals surface area contributed by atoms with Gasteiger partial charge in [0.2, 0.25) is 0 Å². The number of ether oxygens (including phenoxy) is 3. The van der Waals surface area contributed by atoms with Crippen LogP contribution in [0.25, 0.3) is 0 Å². The van der Waals surface area contributed by atoms with Crippen molar-refractivity contribution in [3.63, 3.8) is 0 Å². The van der Waals surface area contributed by atoms with Gasteiger partial charge in [-0.15, -0.1) is 0 Å². The molecule has 1 unspecified atom stereocenters. The van der Waals surface area contributed by atoms with Gasteiger partial charge in [-0.25, -0.2) is 4.79 Å². The van der Waals surface area contributed by atoms with Gasteiger partial charge in [-0.05, 0) is 43.3 Å². The number of esters is 1. The maximum absolute atomic E-state index is 12.6. The Morgan fingerprint density at radius 2 is 1.78 bits per heavy atom. The van der Waals surface area contributed by atoms with Gasteiger partial charge in [0, 0.05) is 5.69 Å². The molecule has 0 heterocycles. The molecule has 0 saturated carbocycles. The highest BCUT2D eigenvalue weighted by atomic mass is 35.5. The molecule has 172 valence electrons. The molecule has 0 aliphatic heterocycles. The first-order valence-electron chi connectivity index (χ1n) is 8.90. The van der Waals surface area contributed by atoms with Crippen LogP contribution in [0, 0.1) is 0 Å². The molecule has 0 spiro atoms. The monoisotopic (exact) mass is 474 g/mol. The molecule has 0 aromatic heterocycles. The van der Waals surface area contributed by atoms with E-state index in [9.17, 15) is 27.6 Å². The molecule has 3 N–H and O–H groups in total. The van der Waals surface area contributed by atoms with Gasteiger partial charge >= 0.3 is 12.1 Å². The highest BCUT2D eigenvalue weighted by Gasteiger charge is 2.30. The summed E-state index contributed by atoms with van der Waals surface area (Å²) in [6.45, 7) is 0.807. The van der Waals surface area contributed by atoms with E-state index in [4.69, 9.17) is 31.5 Å². The van der Waals surface area contributed by atoms with Crippen LogP contribution in [-0.2, 0) is 20.5 Å². The number of nitrogens with one attached hydrogen (secondary N) is 1. The quantitative estimate of drug-likeness (QED) is 0.566. The van der Waals surface area contributed by atoms with Gasteiger partial charge in [0.15, 0.2) is 24.2 Å². The molecule has 0 bridgehead atoms. The average molecular weight is 475 g/mol. The molecule has 2 aromatic carbocycles. The average Bonchev–Trinajstić information content (AvgIpc) is 2.71. The number of amides is 2. The second-order valence-electron chi connectivity index (χ2n) is 6.36. The summed E-state index contributed by atoms with van der Waals surface area (Å²) in [5, 5.41) is 2.28. The number of rotatable bonds is 8. The highest BCUT2D eigenvalue weighted by molar-refractivity contribution is 6.32. The maximum Gasteiger partial charge on any atom is 0.416 e. The predicted octanol–water partition coefficient (Wildman–Crippen LogP) is 3.42. The Labute approximate surface area is 185 Å². The number of nitrogens with two attached hydrogens (primary N) is 1. The number of hydrogen-bond acceptors (Lipinski definition) is 6. The van der Waals surface area contributed by atoms with Gasteiger partial charge in [0.05, 0.1) is 23.3 Å². The van der Waals surface area contributed by atoms with E-state index in [0.29, 0.717) is 0 Å². The minimum absolute atomic E-state index is 0.0161. The molecule has 0 aliphatic rings. The molecule has 2 aromatic rings. The Morgan fingerprint density at radius 3 is 2.31 bits per heavy atom. The lowest BCUT2D eigenvalue weighted by atomic mass is 10.2. The van der Waals surface area contributed by atoms with Crippen molar-refractivity contribution in [2.24, 2.45) is 5.73 Å². The van der Waals surface area contributed by atoms with Crippen molar-refractivity contribution in [1.29, 1.82) is 0 Å². The molecule has 0 fully saturated rings. The number of carbonyl (C=O) groups excluding carboxylic acids is 3. The molecule has 1 atom stereocenters. The van der Waals surface area contributed by atoms with Crippen molar-refractivity contribution in [2.75, 3.05) is 19.0 Å². The number of benzene rings is 2. The van der Waals surface area contributed by atoms with E-state index in [0.717, 1.165) is 24.3 Å². The van der Waals surface area contributed by atoms with Crippen LogP contribution in [0.5, 0.6) is 11.5 Å². The Hall–Kier alpha value is -3.47. The van der Waals surface area contributed by atoms with Crippen molar-refractivity contribution < 1.29 is 41.8 Å². The Balaban J connectivity index is 2.07. The van der Waals surface area contributed by atoms with Gasteiger partial charge < -0.3 is 25.3 Å². The fourth-order valence-corrected chi connectivity index (χ4v) is 2.65. The van der Waals surface area contributed by atoms with E-state index in [2.05, 4.69) is 5.32 Å². The van der Waals surface area contributed by atoms with Crippen LogP contribution in [0.15, 0.2) is 36.4 Å². The number of alkyl halides is 3. The Kier molecular flexibility index (Phi) is 7.92. The first-order chi connectivity index (χ1) is 14.9. The standard InChI is InChI=1S/C20H18ClF3N2O6/c1-10(18(28)26-13-5-3-12(4-6-13)20(22,23)24)32-19(29)11-7-14(21)17(15(8-11)30-2)31-9-16(25)27/h3-8,10H,9H2,1-2H3,(H2,25,27)(H,26,28). The molecule has 8 nitrogen and oxygen atoms in total. The van der Waals surface area contributed by atoms with Crippen molar-refractivity contribution in [3.05, 3.63) is 52.5 Å². The Bertz CT molecular complexity index is 1010. The zero-order valence-corrected chi connectivity index (χ0v) is 17.5.